The number of benzene rings is 1. The van der Waals surface area contributed by atoms with Gasteiger partial charge in [-0.3, -0.25) is 4.90 Å². The van der Waals surface area contributed by atoms with Crippen LogP contribution in [0.15, 0.2) is 24.3 Å². The first-order chi connectivity index (χ1) is 10.1. The van der Waals surface area contributed by atoms with E-state index in [0.29, 0.717) is 18.0 Å². The van der Waals surface area contributed by atoms with E-state index in [4.69, 9.17) is 10.5 Å². The molecule has 21 heavy (non-hydrogen) atoms. The Bertz CT molecular complexity index is 443. The van der Waals surface area contributed by atoms with Crippen LogP contribution in [-0.2, 0) is 0 Å². The van der Waals surface area contributed by atoms with E-state index in [1.165, 1.54) is 18.4 Å². The molecule has 0 radical (unpaired) electrons. The summed E-state index contributed by atoms with van der Waals surface area (Å²) in [4.78, 5) is 2.63. The molecular formula is C18H30N2O. The van der Waals surface area contributed by atoms with Crippen LogP contribution < -0.4 is 10.5 Å². The lowest BCUT2D eigenvalue weighted by molar-refractivity contribution is 0.141. The second-order valence-electron chi connectivity index (χ2n) is 6.62. The van der Waals surface area contributed by atoms with Crippen LogP contribution in [0.5, 0.6) is 5.75 Å². The zero-order chi connectivity index (χ0) is 15.4. The zero-order valence-corrected chi connectivity index (χ0v) is 13.9. The lowest BCUT2D eigenvalue weighted by atomic mass is 9.95. The Morgan fingerprint density at radius 2 is 2.05 bits per heavy atom. The molecule has 0 spiro atoms. The average Bonchev–Trinajstić information content (AvgIpc) is 3.30. The molecule has 2 atom stereocenters. The van der Waals surface area contributed by atoms with Crippen molar-refractivity contribution < 1.29 is 4.74 Å². The Kier molecular flexibility index (Phi) is 5.65. The first kappa shape index (κ1) is 16.3. The van der Waals surface area contributed by atoms with Crippen LogP contribution in [0.25, 0.3) is 0 Å². The molecule has 0 amide bonds. The van der Waals surface area contributed by atoms with Crippen LogP contribution in [0.1, 0.15) is 51.6 Å². The van der Waals surface area contributed by atoms with Gasteiger partial charge in [-0.2, -0.15) is 0 Å². The highest BCUT2D eigenvalue weighted by atomic mass is 16.5. The van der Waals surface area contributed by atoms with E-state index in [1.54, 1.807) is 7.11 Å². The van der Waals surface area contributed by atoms with E-state index in [1.807, 2.05) is 6.07 Å². The maximum Gasteiger partial charge on any atom is 0.119 e. The molecule has 2 unspecified atom stereocenters. The fourth-order valence-corrected chi connectivity index (χ4v) is 3.05. The quantitative estimate of drug-likeness (QED) is 0.795. The van der Waals surface area contributed by atoms with Crippen LogP contribution in [-0.4, -0.2) is 30.6 Å². The SMILES string of the molecule is CCC(N)C(c1cccc(OC)c1)N(CC(C)C)C1CC1. The molecule has 1 aliphatic carbocycles. The van der Waals surface area contributed by atoms with Crippen LogP contribution >= 0.6 is 0 Å². The zero-order valence-electron chi connectivity index (χ0n) is 13.9. The van der Waals surface area contributed by atoms with Gasteiger partial charge in [0.05, 0.1) is 13.2 Å². The van der Waals surface area contributed by atoms with E-state index < -0.39 is 0 Å². The largest absolute Gasteiger partial charge is 0.497 e. The number of hydrogen-bond donors (Lipinski definition) is 1. The molecule has 1 aromatic rings. The van der Waals surface area contributed by atoms with E-state index in [9.17, 15) is 0 Å². The van der Waals surface area contributed by atoms with Crippen molar-refractivity contribution in [2.24, 2.45) is 11.7 Å². The summed E-state index contributed by atoms with van der Waals surface area (Å²) in [6, 6.07) is 9.58. The van der Waals surface area contributed by atoms with Crippen molar-refractivity contribution in [2.75, 3.05) is 13.7 Å². The fraction of sp³-hybridized carbons (Fsp3) is 0.667. The molecule has 0 bridgehead atoms. The van der Waals surface area contributed by atoms with Crippen LogP contribution in [0.2, 0.25) is 0 Å². The molecular weight excluding hydrogens is 260 g/mol. The smallest absolute Gasteiger partial charge is 0.119 e. The third-order valence-corrected chi connectivity index (χ3v) is 4.26. The molecule has 0 aliphatic heterocycles. The first-order valence-corrected chi connectivity index (χ1v) is 8.22. The highest BCUT2D eigenvalue weighted by molar-refractivity contribution is 5.31. The molecule has 0 aromatic heterocycles. The molecule has 3 nitrogen and oxygen atoms in total. The van der Waals surface area contributed by atoms with Gasteiger partial charge in [-0.1, -0.05) is 32.9 Å². The highest BCUT2D eigenvalue weighted by Gasteiger charge is 2.37. The number of rotatable bonds is 8. The second kappa shape index (κ2) is 7.28. The number of nitrogens with zero attached hydrogens (tertiary/aromatic N) is 1. The van der Waals surface area contributed by atoms with E-state index in [0.717, 1.165) is 18.7 Å². The van der Waals surface area contributed by atoms with Gasteiger partial charge in [0.15, 0.2) is 0 Å². The van der Waals surface area contributed by atoms with Crippen molar-refractivity contribution in [3.8, 4) is 5.75 Å². The van der Waals surface area contributed by atoms with Gasteiger partial charge in [0.1, 0.15) is 5.75 Å². The molecule has 118 valence electrons. The van der Waals surface area contributed by atoms with Crippen LogP contribution in [0.3, 0.4) is 0 Å². The normalized spacial score (nSPS) is 18.0. The van der Waals surface area contributed by atoms with Gasteiger partial charge in [0.2, 0.25) is 0 Å². The van der Waals surface area contributed by atoms with E-state index in [-0.39, 0.29) is 6.04 Å². The van der Waals surface area contributed by atoms with Crippen LogP contribution in [0.4, 0.5) is 0 Å². The van der Waals surface area contributed by atoms with Gasteiger partial charge in [-0.05, 0) is 42.9 Å². The van der Waals surface area contributed by atoms with Gasteiger partial charge in [-0.25, -0.2) is 0 Å². The summed E-state index contributed by atoms with van der Waals surface area (Å²) in [5, 5.41) is 0. The van der Waals surface area contributed by atoms with Gasteiger partial charge < -0.3 is 10.5 Å². The number of methoxy groups -OCH3 is 1. The maximum atomic E-state index is 6.50. The number of nitrogens with two attached hydrogens (primary N) is 1. The Labute approximate surface area is 129 Å². The average molecular weight is 290 g/mol. The van der Waals surface area contributed by atoms with Crippen molar-refractivity contribution in [1.29, 1.82) is 0 Å². The molecule has 0 heterocycles. The summed E-state index contributed by atoms with van der Waals surface area (Å²) >= 11 is 0. The summed E-state index contributed by atoms with van der Waals surface area (Å²) in [5.74, 6) is 1.57. The Morgan fingerprint density at radius 1 is 1.33 bits per heavy atom. The summed E-state index contributed by atoms with van der Waals surface area (Å²) in [6.07, 6.45) is 3.61. The maximum absolute atomic E-state index is 6.50. The molecule has 2 rings (SSSR count). The van der Waals surface area contributed by atoms with Gasteiger partial charge in [0, 0.05) is 18.6 Å². The number of ether oxygens (including phenoxy) is 1. The molecule has 1 aromatic carbocycles. The predicted molar refractivity (Wildman–Crippen MR) is 88.6 cm³/mol. The van der Waals surface area contributed by atoms with Gasteiger partial charge in [-0.15, -0.1) is 0 Å². The molecule has 1 aliphatic rings. The second-order valence-corrected chi connectivity index (χ2v) is 6.62. The fourth-order valence-electron chi connectivity index (χ4n) is 3.05. The monoisotopic (exact) mass is 290 g/mol. The predicted octanol–water partition coefficient (Wildman–Crippen LogP) is 3.59. The lowest BCUT2D eigenvalue weighted by Gasteiger charge is -2.37. The Balaban J connectivity index is 2.31. The molecule has 0 saturated heterocycles. The minimum absolute atomic E-state index is 0.163. The van der Waals surface area contributed by atoms with Crippen molar-refractivity contribution >= 4 is 0 Å². The Hall–Kier alpha value is -1.06. The topological polar surface area (TPSA) is 38.5 Å². The van der Waals surface area contributed by atoms with Crippen LogP contribution in [0, 0.1) is 5.92 Å². The van der Waals surface area contributed by atoms with E-state index >= 15 is 0 Å². The van der Waals surface area contributed by atoms with Crippen molar-refractivity contribution in [3.63, 3.8) is 0 Å². The minimum atomic E-state index is 0.163. The third-order valence-electron chi connectivity index (χ3n) is 4.26. The third kappa shape index (κ3) is 4.21. The highest BCUT2D eigenvalue weighted by Crippen LogP contribution is 2.37. The standard InChI is InChI=1S/C18H30N2O/c1-5-17(19)18(14-7-6-8-16(11-14)21-4)20(12-13(2)3)15-9-10-15/h6-8,11,13,15,17-18H,5,9-10,12,19H2,1-4H3. The van der Waals surface area contributed by atoms with Gasteiger partial charge >= 0.3 is 0 Å². The lowest BCUT2D eigenvalue weighted by Crippen LogP contribution is -2.43. The summed E-state index contributed by atoms with van der Waals surface area (Å²) in [5.41, 5.74) is 7.79. The number of hydrogen-bond acceptors (Lipinski definition) is 3. The Morgan fingerprint density at radius 3 is 2.57 bits per heavy atom. The van der Waals surface area contributed by atoms with E-state index in [2.05, 4.69) is 43.9 Å². The summed E-state index contributed by atoms with van der Waals surface area (Å²) < 4.78 is 5.40. The van der Waals surface area contributed by atoms with Gasteiger partial charge in [0.25, 0.3) is 0 Å². The first-order valence-electron chi connectivity index (χ1n) is 8.22. The van der Waals surface area contributed by atoms with Crippen molar-refractivity contribution in [1.82, 2.24) is 4.90 Å². The van der Waals surface area contributed by atoms with Crippen molar-refractivity contribution in [3.05, 3.63) is 29.8 Å². The molecule has 1 fully saturated rings. The summed E-state index contributed by atoms with van der Waals surface area (Å²) in [6.45, 7) is 7.86. The molecule has 2 N–H and O–H groups in total. The minimum Gasteiger partial charge on any atom is -0.497 e. The summed E-state index contributed by atoms with van der Waals surface area (Å²) in [7, 11) is 1.72. The molecule has 3 heteroatoms. The van der Waals surface area contributed by atoms with Crippen molar-refractivity contribution in [2.45, 2.75) is 58.2 Å². The molecule has 1 saturated carbocycles.